The van der Waals surface area contributed by atoms with E-state index in [-0.39, 0.29) is 29.6 Å². The molecule has 154 valence electrons. The molecule has 2 fully saturated rings. The number of carbonyl (C=O) groups excluding carboxylic acids is 2. The van der Waals surface area contributed by atoms with Gasteiger partial charge in [-0.15, -0.1) is 0 Å². The number of hydrogen-bond donors (Lipinski definition) is 2. The highest BCUT2D eigenvalue weighted by Crippen LogP contribution is 2.28. The zero-order chi connectivity index (χ0) is 19.8. The quantitative estimate of drug-likeness (QED) is 0.513. The molecule has 0 spiro atoms. The van der Waals surface area contributed by atoms with Gasteiger partial charge in [0.2, 0.25) is 0 Å². The summed E-state index contributed by atoms with van der Waals surface area (Å²) in [6, 6.07) is 0. The van der Waals surface area contributed by atoms with Gasteiger partial charge in [-0.1, -0.05) is 33.1 Å². The number of alkyl carbamates (subject to hydrolysis) is 1. The topological polar surface area (TPSA) is 102 Å². The number of aliphatic carboxylic acids is 1. The van der Waals surface area contributed by atoms with Crippen LogP contribution < -0.4 is 5.32 Å². The van der Waals surface area contributed by atoms with Crippen LogP contribution >= 0.6 is 0 Å². The third kappa shape index (κ3) is 7.03. The van der Waals surface area contributed by atoms with E-state index >= 15 is 0 Å². The molecule has 2 rings (SSSR count). The van der Waals surface area contributed by atoms with Crippen LogP contribution in [0.1, 0.15) is 71.6 Å². The van der Waals surface area contributed by atoms with Gasteiger partial charge in [-0.25, -0.2) is 4.79 Å². The van der Waals surface area contributed by atoms with E-state index in [1.807, 2.05) is 13.8 Å². The predicted octanol–water partition coefficient (Wildman–Crippen LogP) is 3.71. The third-order valence-electron chi connectivity index (χ3n) is 5.67. The Kier molecular flexibility index (Phi) is 8.38. The Bertz CT molecular complexity index is 507. The Hall–Kier alpha value is -1.79. The molecule has 2 aliphatic rings. The van der Waals surface area contributed by atoms with Crippen LogP contribution in [0.3, 0.4) is 0 Å². The maximum Gasteiger partial charge on any atom is 0.410 e. The van der Waals surface area contributed by atoms with Gasteiger partial charge in [-0.3, -0.25) is 9.59 Å². The van der Waals surface area contributed by atoms with Gasteiger partial charge >= 0.3 is 18.0 Å². The summed E-state index contributed by atoms with van der Waals surface area (Å²) in [6.07, 6.45) is 6.29. The summed E-state index contributed by atoms with van der Waals surface area (Å²) in [6.45, 7) is 4.14. The monoisotopic (exact) mass is 383 g/mol. The van der Waals surface area contributed by atoms with E-state index in [1.54, 1.807) is 0 Å². The van der Waals surface area contributed by atoms with E-state index in [2.05, 4.69) is 5.32 Å². The van der Waals surface area contributed by atoms with Crippen molar-refractivity contribution >= 4 is 18.0 Å². The maximum absolute atomic E-state index is 12.3. The van der Waals surface area contributed by atoms with Crippen molar-refractivity contribution in [2.45, 2.75) is 77.9 Å². The van der Waals surface area contributed by atoms with Crippen molar-refractivity contribution in [1.82, 2.24) is 5.32 Å². The van der Waals surface area contributed by atoms with Crippen molar-refractivity contribution in [2.75, 3.05) is 6.54 Å². The molecule has 0 saturated heterocycles. The van der Waals surface area contributed by atoms with Crippen molar-refractivity contribution in [1.29, 1.82) is 0 Å². The van der Waals surface area contributed by atoms with Crippen molar-refractivity contribution in [3.8, 4) is 0 Å². The van der Waals surface area contributed by atoms with Crippen LogP contribution in [0.5, 0.6) is 0 Å². The van der Waals surface area contributed by atoms with Gasteiger partial charge in [-0.05, 0) is 44.4 Å². The van der Waals surface area contributed by atoms with Gasteiger partial charge in [0.25, 0.3) is 6.29 Å². The molecule has 0 radical (unpaired) electrons. The van der Waals surface area contributed by atoms with Crippen molar-refractivity contribution in [3.63, 3.8) is 0 Å². The summed E-state index contributed by atoms with van der Waals surface area (Å²) in [4.78, 5) is 35.4. The molecule has 0 bridgehead atoms. The molecule has 2 aliphatic carbocycles. The van der Waals surface area contributed by atoms with Gasteiger partial charge < -0.3 is 19.9 Å². The highest BCUT2D eigenvalue weighted by molar-refractivity contribution is 5.73. The number of esters is 1. The molecular weight excluding hydrogens is 350 g/mol. The summed E-state index contributed by atoms with van der Waals surface area (Å²) in [5, 5.41) is 11.8. The average Bonchev–Trinajstić information content (AvgIpc) is 2.66. The first kappa shape index (κ1) is 21.5. The molecular formula is C20H33NO6. The zero-order valence-electron chi connectivity index (χ0n) is 16.4. The zero-order valence-corrected chi connectivity index (χ0v) is 16.4. The normalized spacial score (nSPS) is 24.9. The van der Waals surface area contributed by atoms with Gasteiger partial charge in [0, 0.05) is 12.5 Å². The van der Waals surface area contributed by atoms with Crippen LogP contribution in [-0.4, -0.2) is 36.0 Å². The first-order valence-corrected chi connectivity index (χ1v) is 10.2. The smallest absolute Gasteiger partial charge is 0.410 e. The molecule has 7 heteroatoms. The standard InChI is InChI=1S/C20H33NO6/c1-13(2)19(26-18(24)16-6-4-3-5-7-16)27-20(25)21-12-14-8-10-15(11-9-14)17(22)23/h13-16,19H,3-12H2,1-2H3,(H,21,25)(H,22,23)/t14-,15-,19?. The first-order valence-electron chi connectivity index (χ1n) is 10.2. The Morgan fingerprint density at radius 3 is 2.11 bits per heavy atom. The number of carboxylic acids is 1. The Labute approximate surface area is 161 Å². The van der Waals surface area contributed by atoms with E-state index < -0.39 is 18.4 Å². The molecule has 1 atom stereocenters. The molecule has 2 N–H and O–H groups in total. The van der Waals surface area contributed by atoms with Crippen LogP contribution in [0.2, 0.25) is 0 Å². The SMILES string of the molecule is CC(C)C(OC(=O)NC[C@H]1CC[C@H](C(=O)O)CC1)OC(=O)C1CCCCC1. The van der Waals surface area contributed by atoms with Crippen LogP contribution in [0.25, 0.3) is 0 Å². The molecule has 0 aromatic heterocycles. The predicted molar refractivity (Wildman–Crippen MR) is 98.9 cm³/mol. The lowest BCUT2D eigenvalue weighted by molar-refractivity contribution is -0.180. The summed E-state index contributed by atoms with van der Waals surface area (Å²) in [5.41, 5.74) is 0. The third-order valence-corrected chi connectivity index (χ3v) is 5.67. The number of nitrogens with one attached hydrogen (secondary N) is 1. The highest BCUT2D eigenvalue weighted by atomic mass is 16.7. The molecule has 1 amide bonds. The second-order valence-corrected chi connectivity index (χ2v) is 8.23. The Morgan fingerprint density at radius 1 is 0.926 bits per heavy atom. The molecule has 27 heavy (non-hydrogen) atoms. The maximum atomic E-state index is 12.3. The first-order chi connectivity index (χ1) is 12.9. The van der Waals surface area contributed by atoms with Crippen LogP contribution in [0.15, 0.2) is 0 Å². The summed E-state index contributed by atoms with van der Waals surface area (Å²) in [7, 11) is 0. The number of hydrogen-bond acceptors (Lipinski definition) is 5. The minimum absolute atomic E-state index is 0.0870. The number of ether oxygens (including phenoxy) is 2. The second-order valence-electron chi connectivity index (χ2n) is 8.23. The molecule has 0 heterocycles. The Morgan fingerprint density at radius 2 is 1.56 bits per heavy atom. The van der Waals surface area contributed by atoms with E-state index in [1.165, 1.54) is 0 Å². The number of carboxylic acid groups (broad SMARTS) is 1. The summed E-state index contributed by atoms with van der Waals surface area (Å²) >= 11 is 0. The number of rotatable bonds is 7. The molecule has 0 aromatic rings. The molecule has 0 aliphatic heterocycles. The van der Waals surface area contributed by atoms with Gasteiger partial charge in [-0.2, -0.15) is 0 Å². The van der Waals surface area contributed by atoms with Crippen LogP contribution in [-0.2, 0) is 19.1 Å². The van der Waals surface area contributed by atoms with Crippen molar-refractivity contribution in [2.24, 2.45) is 23.7 Å². The molecule has 1 unspecified atom stereocenters. The summed E-state index contributed by atoms with van der Waals surface area (Å²) in [5.74, 6) is -1.23. The van der Waals surface area contributed by atoms with Crippen LogP contribution in [0, 0.1) is 23.7 Å². The molecule has 2 saturated carbocycles. The molecule has 0 aromatic carbocycles. The molecule has 7 nitrogen and oxygen atoms in total. The lowest BCUT2D eigenvalue weighted by Gasteiger charge is -2.27. The average molecular weight is 383 g/mol. The van der Waals surface area contributed by atoms with Gasteiger partial charge in [0.15, 0.2) is 0 Å². The lowest BCUT2D eigenvalue weighted by atomic mass is 9.82. The minimum Gasteiger partial charge on any atom is -0.481 e. The Balaban J connectivity index is 1.72. The lowest BCUT2D eigenvalue weighted by Crippen LogP contribution is -2.38. The fraction of sp³-hybridized carbons (Fsp3) is 0.850. The van der Waals surface area contributed by atoms with E-state index in [0.717, 1.165) is 44.9 Å². The highest BCUT2D eigenvalue weighted by Gasteiger charge is 2.29. The fourth-order valence-electron chi connectivity index (χ4n) is 3.83. The van der Waals surface area contributed by atoms with Gasteiger partial charge in [0.1, 0.15) is 0 Å². The summed E-state index contributed by atoms with van der Waals surface area (Å²) < 4.78 is 10.8. The van der Waals surface area contributed by atoms with E-state index in [9.17, 15) is 14.4 Å². The van der Waals surface area contributed by atoms with Gasteiger partial charge in [0.05, 0.1) is 11.8 Å². The number of carbonyl (C=O) groups is 3. The van der Waals surface area contributed by atoms with Crippen molar-refractivity contribution < 1.29 is 29.0 Å². The van der Waals surface area contributed by atoms with E-state index in [0.29, 0.717) is 19.4 Å². The minimum atomic E-state index is -0.887. The van der Waals surface area contributed by atoms with Crippen molar-refractivity contribution in [3.05, 3.63) is 0 Å². The fourth-order valence-corrected chi connectivity index (χ4v) is 3.83. The largest absolute Gasteiger partial charge is 0.481 e. The van der Waals surface area contributed by atoms with E-state index in [4.69, 9.17) is 14.6 Å². The van der Waals surface area contributed by atoms with Crippen LogP contribution in [0.4, 0.5) is 4.79 Å². The second kappa shape index (κ2) is 10.5. The number of amides is 1.